The maximum atomic E-state index is 13.4. The van der Waals surface area contributed by atoms with Gasteiger partial charge in [0, 0.05) is 16.1 Å². The Morgan fingerprint density at radius 1 is 1.41 bits per heavy atom. The Morgan fingerprint density at radius 3 is 2.47 bits per heavy atom. The van der Waals surface area contributed by atoms with Crippen LogP contribution < -0.4 is 5.73 Å². The summed E-state index contributed by atoms with van der Waals surface area (Å²) in [4.78, 5) is 0. The zero-order valence-corrected chi connectivity index (χ0v) is 11.3. The first-order valence-electron chi connectivity index (χ1n) is 5.03. The summed E-state index contributed by atoms with van der Waals surface area (Å²) in [5.74, 6) is -1.26. The zero-order valence-electron chi connectivity index (χ0n) is 9.70. The third-order valence-corrected chi connectivity index (χ3v) is 4.28. The van der Waals surface area contributed by atoms with Gasteiger partial charge in [-0.15, -0.1) is 0 Å². The molecule has 1 rings (SSSR count). The van der Waals surface area contributed by atoms with Crippen LogP contribution in [-0.2, 0) is 15.6 Å². The highest BCUT2D eigenvalue weighted by molar-refractivity contribution is 7.90. The molecule has 0 amide bonds. The van der Waals surface area contributed by atoms with Crippen molar-refractivity contribution in [3.05, 3.63) is 34.6 Å². The van der Waals surface area contributed by atoms with Gasteiger partial charge >= 0.3 is 0 Å². The number of halogens is 2. The molecule has 0 aliphatic rings. The van der Waals surface area contributed by atoms with Crippen molar-refractivity contribution >= 4 is 21.4 Å². The van der Waals surface area contributed by atoms with E-state index in [1.54, 1.807) is 13.8 Å². The molecule has 0 spiro atoms. The van der Waals surface area contributed by atoms with E-state index in [2.05, 4.69) is 0 Å². The summed E-state index contributed by atoms with van der Waals surface area (Å²) in [6, 6.07) is 4.08. The summed E-state index contributed by atoms with van der Waals surface area (Å²) < 4.78 is 37.1. The summed E-state index contributed by atoms with van der Waals surface area (Å²) in [6.07, 6.45) is 0. The second kappa shape index (κ2) is 4.92. The number of benzene rings is 1. The number of nitrogens with two attached hydrogens (primary N) is 1. The van der Waals surface area contributed by atoms with Crippen LogP contribution in [0.3, 0.4) is 0 Å². The molecule has 17 heavy (non-hydrogen) atoms. The van der Waals surface area contributed by atoms with Crippen molar-refractivity contribution in [2.24, 2.45) is 5.73 Å². The normalized spacial score (nSPS) is 12.8. The van der Waals surface area contributed by atoms with E-state index < -0.39 is 26.9 Å². The number of hydrogen-bond acceptors (Lipinski definition) is 3. The maximum absolute atomic E-state index is 13.4. The molecule has 1 aromatic carbocycles. The molecule has 0 unspecified atom stereocenters. The summed E-state index contributed by atoms with van der Waals surface area (Å²) in [7, 11) is -3.49. The molecule has 0 fully saturated rings. The first kappa shape index (κ1) is 14.4. The van der Waals surface area contributed by atoms with E-state index in [-0.39, 0.29) is 16.3 Å². The Kier molecular flexibility index (Phi) is 4.17. The van der Waals surface area contributed by atoms with Crippen LogP contribution in [0, 0.1) is 5.82 Å². The Hall–Kier alpha value is -0.650. The van der Waals surface area contributed by atoms with E-state index >= 15 is 0 Å². The fourth-order valence-corrected chi connectivity index (χ4v) is 3.79. The van der Waals surface area contributed by atoms with Crippen LogP contribution in [0.5, 0.6) is 0 Å². The topological polar surface area (TPSA) is 60.2 Å². The zero-order chi connectivity index (χ0) is 13.3. The Balaban J connectivity index is 2.99. The van der Waals surface area contributed by atoms with Gasteiger partial charge in [0.15, 0.2) is 9.84 Å². The molecular weight excluding hydrogens is 265 g/mol. The van der Waals surface area contributed by atoms with Crippen molar-refractivity contribution in [2.45, 2.75) is 25.1 Å². The van der Waals surface area contributed by atoms with Crippen molar-refractivity contribution in [1.82, 2.24) is 0 Å². The highest BCUT2D eigenvalue weighted by Gasteiger charge is 2.24. The third-order valence-electron chi connectivity index (χ3n) is 2.02. The lowest BCUT2D eigenvalue weighted by molar-refractivity contribution is 0.541. The monoisotopic (exact) mass is 279 g/mol. The van der Waals surface area contributed by atoms with Crippen molar-refractivity contribution in [2.75, 3.05) is 5.75 Å². The average Bonchev–Trinajstić information content (AvgIpc) is 2.07. The molecule has 1 aromatic rings. The van der Waals surface area contributed by atoms with Gasteiger partial charge in [-0.1, -0.05) is 17.7 Å². The lowest BCUT2D eigenvalue weighted by atomic mass is 10.1. The molecule has 0 saturated heterocycles. The highest BCUT2D eigenvalue weighted by atomic mass is 35.5. The molecule has 0 saturated carbocycles. The maximum Gasteiger partial charge on any atom is 0.156 e. The molecule has 2 N–H and O–H groups in total. The second-order valence-electron chi connectivity index (χ2n) is 4.72. The predicted octanol–water partition coefficient (Wildman–Crippen LogP) is 2.13. The fraction of sp³-hybridized carbons (Fsp3) is 0.455. The minimum atomic E-state index is -3.49. The standard InChI is InChI=1S/C11H15ClFNO2S/c1-11(2,14)7-17(15,16)6-8-9(12)4-3-5-10(8)13/h3-5H,6-7,14H2,1-2H3. The van der Waals surface area contributed by atoms with E-state index in [0.29, 0.717) is 0 Å². The minimum Gasteiger partial charge on any atom is -0.325 e. The van der Waals surface area contributed by atoms with Crippen LogP contribution >= 0.6 is 11.6 Å². The average molecular weight is 280 g/mol. The van der Waals surface area contributed by atoms with Crippen molar-refractivity contribution in [3.63, 3.8) is 0 Å². The van der Waals surface area contributed by atoms with Crippen molar-refractivity contribution in [3.8, 4) is 0 Å². The van der Waals surface area contributed by atoms with E-state index in [4.69, 9.17) is 17.3 Å². The minimum absolute atomic E-state index is 0.00147. The molecule has 96 valence electrons. The molecule has 0 aliphatic carbocycles. The molecule has 0 bridgehead atoms. The van der Waals surface area contributed by atoms with Crippen LogP contribution in [0.4, 0.5) is 4.39 Å². The van der Waals surface area contributed by atoms with Gasteiger partial charge in [0.1, 0.15) is 5.82 Å². The van der Waals surface area contributed by atoms with E-state index in [1.807, 2.05) is 0 Å². The summed E-state index contributed by atoms with van der Waals surface area (Å²) in [5.41, 5.74) is 4.79. The lowest BCUT2D eigenvalue weighted by Gasteiger charge is -2.18. The van der Waals surface area contributed by atoms with Crippen molar-refractivity contribution < 1.29 is 12.8 Å². The molecule has 0 aliphatic heterocycles. The molecule has 0 aromatic heterocycles. The Labute approximate surface area is 106 Å². The predicted molar refractivity (Wildman–Crippen MR) is 67.2 cm³/mol. The van der Waals surface area contributed by atoms with Gasteiger partial charge in [-0.2, -0.15) is 0 Å². The van der Waals surface area contributed by atoms with Gasteiger partial charge in [0.05, 0.1) is 11.5 Å². The highest BCUT2D eigenvalue weighted by Crippen LogP contribution is 2.22. The van der Waals surface area contributed by atoms with E-state index in [9.17, 15) is 12.8 Å². The number of rotatable bonds is 4. The first-order valence-corrected chi connectivity index (χ1v) is 7.23. The quantitative estimate of drug-likeness (QED) is 0.918. The molecular formula is C11H15ClFNO2S. The second-order valence-corrected chi connectivity index (χ2v) is 7.19. The van der Waals surface area contributed by atoms with Gasteiger partial charge in [-0.05, 0) is 26.0 Å². The molecule has 0 atom stereocenters. The molecule has 6 heteroatoms. The van der Waals surface area contributed by atoms with E-state index in [1.165, 1.54) is 18.2 Å². The largest absolute Gasteiger partial charge is 0.325 e. The number of sulfone groups is 1. The SMILES string of the molecule is CC(C)(N)CS(=O)(=O)Cc1c(F)cccc1Cl. The Morgan fingerprint density at radius 2 is 2.00 bits per heavy atom. The molecule has 0 heterocycles. The van der Waals surface area contributed by atoms with Crippen LogP contribution in [0.2, 0.25) is 5.02 Å². The van der Waals surface area contributed by atoms with Gasteiger partial charge in [-0.3, -0.25) is 0 Å². The van der Waals surface area contributed by atoms with Gasteiger partial charge < -0.3 is 5.73 Å². The van der Waals surface area contributed by atoms with Crippen molar-refractivity contribution in [1.29, 1.82) is 0 Å². The smallest absolute Gasteiger partial charge is 0.156 e. The summed E-state index contributed by atoms with van der Waals surface area (Å²) in [5, 5.41) is 0.114. The first-order chi connectivity index (χ1) is 7.61. The Bertz CT molecular complexity index is 488. The van der Waals surface area contributed by atoms with Crippen LogP contribution in [0.15, 0.2) is 18.2 Å². The summed E-state index contributed by atoms with van der Waals surface area (Å²) >= 11 is 5.77. The lowest BCUT2D eigenvalue weighted by Crippen LogP contribution is -2.40. The van der Waals surface area contributed by atoms with Gasteiger partial charge in [0.2, 0.25) is 0 Å². The van der Waals surface area contributed by atoms with Crippen LogP contribution in [-0.4, -0.2) is 19.7 Å². The van der Waals surface area contributed by atoms with E-state index in [0.717, 1.165) is 0 Å². The molecule has 3 nitrogen and oxygen atoms in total. The van der Waals surface area contributed by atoms with Crippen LogP contribution in [0.1, 0.15) is 19.4 Å². The number of hydrogen-bond donors (Lipinski definition) is 1. The summed E-state index contributed by atoms with van der Waals surface area (Å²) in [6.45, 7) is 3.21. The third kappa shape index (κ3) is 4.61. The molecule has 0 radical (unpaired) electrons. The fourth-order valence-electron chi connectivity index (χ4n) is 1.51. The van der Waals surface area contributed by atoms with Gasteiger partial charge in [-0.25, -0.2) is 12.8 Å². The van der Waals surface area contributed by atoms with Gasteiger partial charge in [0.25, 0.3) is 0 Å². The van der Waals surface area contributed by atoms with Crippen LogP contribution in [0.25, 0.3) is 0 Å².